The molecule has 1 aliphatic heterocycles. The summed E-state index contributed by atoms with van der Waals surface area (Å²) in [6.45, 7) is 0. The third kappa shape index (κ3) is 3.77. The van der Waals surface area contributed by atoms with Gasteiger partial charge in [-0.2, -0.15) is 13.2 Å². The van der Waals surface area contributed by atoms with E-state index in [1.54, 1.807) is 42.5 Å². The number of fused-ring (bicyclic) bond motifs is 1. The summed E-state index contributed by atoms with van der Waals surface area (Å²) in [5, 5.41) is 10.5. The van der Waals surface area contributed by atoms with Gasteiger partial charge in [-0.1, -0.05) is 48.0 Å². The molecule has 0 fully saturated rings. The third-order valence-corrected chi connectivity index (χ3v) is 5.52. The van der Waals surface area contributed by atoms with Crippen LogP contribution in [-0.4, -0.2) is 17.0 Å². The number of benzene rings is 3. The van der Waals surface area contributed by atoms with Gasteiger partial charge >= 0.3 is 12.1 Å². The summed E-state index contributed by atoms with van der Waals surface area (Å²) in [6.07, 6.45) is -4.62. The number of amides is 1. The summed E-state index contributed by atoms with van der Waals surface area (Å²) >= 11 is 5.96. The summed E-state index contributed by atoms with van der Waals surface area (Å²) in [7, 11) is 0. The minimum absolute atomic E-state index is 0.0412. The van der Waals surface area contributed by atoms with Gasteiger partial charge < -0.3 is 5.11 Å². The molecule has 0 aliphatic carbocycles. The first-order chi connectivity index (χ1) is 14.7. The van der Waals surface area contributed by atoms with Crippen molar-refractivity contribution in [3.8, 4) is 0 Å². The maximum Gasteiger partial charge on any atom is 0.416 e. The molecule has 3 aromatic rings. The van der Waals surface area contributed by atoms with E-state index in [4.69, 9.17) is 11.6 Å². The standard InChI is InChI=1S/C23H15ClF3NO3/c24-15-10-8-13(9-11-15)20-19(22(30)31)17-6-1-2-7-18(17)21(29)28(20)16-5-3-4-14(12-16)23(25,26)27/h1-12,19-20H,(H,30,31)/t19-,20-/m1/s1. The minimum atomic E-state index is -4.62. The molecule has 3 aromatic carbocycles. The van der Waals surface area contributed by atoms with Crippen LogP contribution in [0.25, 0.3) is 0 Å². The Labute approximate surface area is 180 Å². The van der Waals surface area contributed by atoms with Gasteiger partial charge in [-0.05, 0) is 47.5 Å². The van der Waals surface area contributed by atoms with E-state index in [2.05, 4.69) is 0 Å². The average molecular weight is 446 g/mol. The molecule has 31 heavy (non-hydrogen) atoms. The van der Waals surface area contributed by atoms with Gasteiger partial charge in [0.15, 0.2) is 0 Å². The summed E-state index contributed by atoms with van der Waals surface area (Å²) in [5.41, 5.74) is -0.0864. The Morgan fingerprint density at radius 2 is 1.65 bits per heavy atom. The zero-order valence-corrected chi connectivity index (χ0v) is 16.6. The molecule has 1 heterocycles. The van der Waals surface area contributed by atoms with E-state index in [9.17, 15) is 27.9 Å². The van der Waals surface area contributed by atoms with Crippen molar-refractivity contribution in [1.29, 1.82) is 0 Å². The zero-order chi connectivity index (χ0) is 22.3. The number of halogens is 4. The lowest BCUT2D eigenvalue weighted by molar-refractivity contribution is -0.140. The Kier molecular flexibility index (Phi) is 5.23. The molecule has 1 amide bonds. The lowest BCUT2D eigenvalue weighted by atomic mass is 9.79. The lowest BCUT2D eigenvalue weighted by Gasteiger charge is -2.41. The van der Waals surface area contributed by atoms with E-state index >= 15 is 0 Å². The van der Waals surface area contributed by atoms with Gasteiger partial charge in [0.2, 0.25) is 0 Å². The molecule has 0 radical (unpaired) electrons. The molecular formula is C23H15ClF3NO3. The molecule has 0 aromatic heterocycles. The number of hydrogen-bond acceptors (Lipinski definition) is 2. The Morgan fingerprint density at radius 1 is 0.968 bits per heavy atom. The first-order valence-corrected chi connectivity index (χ1v) is 9.64. The molecule has 8 heteroatoms. The number of hydrogen-bond donors (Lipinski definition) is 1. The molecular weight excluding hydrogens is 431 g/mol. The Morgan fingerprint density at radius 3 is 2.29 bits per heavy atom. The highest BCUT2D eigenvalue weighted by Crippen LogP contribution is 2.46. The van der Waals surface area contributed by atoms with E-state index < -0.39 is 35.6 Å². The summed E-state index contributed by atoms with van der Waals surface area (Å²) < 4.78 is 40.0. The van der Waals surface area contributed by atoms with Crippen molar-refractivity contribution >= 4 is 29.2 Å². The Balaban J connectivity index is 1.98. The van der Waals surface area contributed by atoms with Crippen LogP contribution in [0.1, 0.15) is 39.0 Å². The van der Waals surface area contributed by atoms with Crippen molar-refractivity contribution in [1.82, 2.24) is 0 Å². The fourth-order valence-corrected chi connectivity index (χ4v) is 4.04. The Bertz CT molecular complexity index is 1160. The van der Waals surface area contributed by atoms with Crippen molar-refractivity contribution in [3.63, 3.8) is 0 Å². The smallest absolute Gasteiger partial charge is 0.416 e. The van der Waals surface area contributed by atoms with Crippen molar-refractivity contribution in [3.05, 3.63) is 100 Å². The maximum atomic E-state index is 13.4. The van der Waals surface area contributed by atoms with Crippen LogP contribution in [0.4, 0.5) is 18.9 Å². The predicted octanol–water partition coefficient (Wildman–Crippen LogP) is 5.93. The summed E-state index contributed by atoms with van der Waals surface area (Å²) in [6, 6.07) is 15.7. The first-order valence-electron chi connectivity index (χ1n) is 9.26. The van der Waals surface area contributed by atoms with Crippen LogP contribution in [0.2, 0.25) is 5.02 Å². The van der Waals surface area contributed by atoms with Crippen molar-refractivity contribution in [2.45, 2.75) is 18.1 Å². The summed E-state index contributed by atoms with van der Waals surface area (Å²) in [4.78, 5) is 26.9. The van der Waals surface area contributed by atoms with Gasteiger partial charge in [-0.15, -0.1) is 0 Å². The van der Waals surface area contributed by atoms with Gasteiger partial charge in [0.25, 0.3) is 5.91 Å². The van der Waals surface area contributed by atoms with E-state index in [1.807, 2.05) is 0 Å². The van der Waals surface area contributed by atoms with Gasteiger partial charge in [0.05, 0.1) is 11.6 Å². The second-order valence-corrected chi connectivity index (χ2v) is 7.56. The van der Waals surface area contributed by atoms with Gasteiger partial charge in [-0.3, -0.25) is 14.5 Å². The molecule has 0 bridgehead atoms. The van der Waals surface area contributed by atoms with E-state index in [0.717, 1.165) is 17.0 Å². The quantitative estimate of drug-likeness (QED) is 0.543. The van der Waals surface area contributed by atoms with Crippen LogP contribution in [0, 0.1) is 0 Å². The molecule has 0 unspecified atom stereocenters. The normalized spacial score (nSPS) is 18.6. The molecule has 4 nitrogen and oxygen atoms in total. The van der Waals surface area contributed by atoms with Crippen LogP contribution in [0.15, 0.2) is 72.8 Å². The number of anilines is 1. The molecule has 4 rings (SSSR count). The number of carbonyl (C=O) groups excluding carboxylic acids is 1. The highest BCUT2D eigenvalue weighted by atomic mass is 35.5. The average Bonchev–Trinajstić information content (AvgIpc) is 2.73. The molecule has 0 saturated carbocycles. The largest absolute Gasteiger partial charge is 0.481 e. The van der Waals surface area contributed by atoms with Crippen molar-refractivity contribution < 1.29 is 27.9 Å². The molecule has 2 atom stereocenters. The fraction of sp³-hybridized carbons (Fsp3) is 0.130. The SMILES string of the molecule is O=C(O)[C@@H]1c2ccccc2C(=O)N(c2cccc(C(F)(F)F)c2)[C@@H]1c1ccc(Cl)cc1. The fourth-order valence-electron chi connectivity index (χ4n) is 3.92. The molecule has 1 N–H and O–H groups in total. The van der Waals surface area contributed by atoms with Crippen molar-refractivity contribution in [2.75, 3.05) is 4.90 Å². The minimum Gasteiger partial charge on any atom is -0.481 e. The predicted molar refractivity (Wildman–Crippen MR) is 109 cm³/mol. The highest BCUT2D eigenvalue weighted by Gasteiger charge is 2.45. The third-order valence-electron chi connectivity index (χ3n) is 5.27. The van der Waals surface area contributed by atoms with Crippen LogP contribution in [-0.2, 0) is 11.0 Å². The molecule has 158 valence electrons. The number of carbonyl (C=O) groups is 2. The monoisotopic (exact) mass is 445 g/mol. The Hall–Kier alpha value is -3.32. The lowest BCUT2D eigenvalue weighted by Crippen LogP contribution is -2.45. The van der Waals surface area contributed by atoms with Crippen LogP contribution in [0.3, 0.4) is 0 Å². The van der Waals surface area contributed by atoms with Gasteiger partial charge in [-0.25, -0.2) is 0 Å². The number of alkyl halides is 3. The van der Waals surface area contributed by atoms with E-state index in [-0.39, 0.29) is 11.3 Å². The number of aliphatic carboxylic acids is 1. The van der Waals surface area contributed by atoms with Gasteiger partial charge in [0.1, 0.15) is 5.92 Å². The maximum absolute atomic E-state index is 13.4. The van der Waals surface area contributed by atoms with E-state index in [1.165, 1.54) is 18.2 Å². The zero-order valence-electron chi connectivity index (χ0n) is 15.8. The number of carboxylic acids is 1. The molecule has 0 spiro atoms. The number of rotatable bonds is 3. The van der Waals surface area contributed by atoms with Crippen molar-refractivity contribution in [2.24, 2.45) is 0 Å². The number of carboxylic acid groups (broad SMARTS) is 1. The molecule has 1 aliphatic rings. The highest BCUT2D eigenvalue weighted by molar-refractivity contribution is 6.30. The van der Waals surface area contributed by atoms with E-state index in [0.29, 0.717) is 16.1 Å². The summed E-state index contributed by atoms with van der Waals surface area (Å²) in [5.74, 6) is -2.96. The number of nitrogens with zero attached hydrogens (tertiary/aromatic N) is 1. The van der Waals surface area contributed by atoms with Crippen LogP contribution < -0.4 is 4.90 Å². The second kappa shape index (κ2) is 7.74. The van der Waals surface area contributed by atoms with Gasteiger partial charge in [0, 0.05) is 16.3 Å². The topological polar surface area (TPSA) is 57.6 Å². The second-order valence-electron chi connectivity index (χ2n) is 7.12. The molecule has 0 saturated heterocycles. The first kappa shape index (κ1) is 20.9. The van der Waals surface area contributed by atoms with Crippen LogP contribution >= 0.6 is 11.6 Å². The van der Waals surface area contributed by atoms with Crippen LogP contribution in [0.5, 0.6) is 0 Å².